The van der Waals surface area contributed by atoms with E-state index in [0.717, 1.165) is 60.6 Å². The highest BCUT2D eigenvalue weighted by molar-refractivity contribution is 5.90. The molecule has 1 aliphatic carbocycles. The van der Waals surface area contributed by atoms with Crippen LogP contribution in [0.15, 0.2) is 78.9 Å². The van der Waals surface area contributed by atoms with Gasteiger partial charge in [0.15, 0.2) is 0 Å². The normalized spacial score (nSPS) is 17.6. The third-order valence-corrected chi connectivity index (χ3v) is 6.90. The molecule has 0 bridgehead atoms. The first-order chi connectivity index (χ1) is 17.7. The summed E-state index contributed by atoms with van der Waals surface area (Å²) in [6, 6.07) is 27.7. The van der Waals surface area contributed by atoms with Gasteiger partial charge in [0.25, 0.3) is 0 Å². The molecule has 5 rings (SSSR count). The van der Waals surface area contributed by atoms with E-state index >= 15 is 0 Å². The van der Waals surface area contributed by atoms with Crippen molar-refractivity contribution in [3.05, 3.63) is 90.0 Å². The van der Waals surface area contributed by atoms with Crippen LogP contribution in [0.5, 0.6) is 5.75 Å². The number of hydrogen-bond acceptors (Lipinski definition) is 6. The fourth-order valence-electron chi connectivity index (χ4n) is 4.89. The number of nitrogens with one attached hydrogen (secondary N) is 2. The molecule has 1 heterocycles. The molecule has 0 amide bonds. The van der Waals surface area contributed by atoms with Crippen molar-refractivity contribution >= 4 is 22.7 Å². The third-order valence-electron chi connectivity index (χ3n) is 6.90. The van der Waals surface area contributed by atoms with Crippen LogP contribution in [0.1, 0.15) is 36.8 Å². The van der Waals surface area contributed by atoms with Gasteiger partial charge in [-0.2, -0.15) is 4.98 Å². The topological polar surface area (TPSA) is 62.3 Å². The number of fused-ring (bicyclic) bond motifs is 1. The lowest BCUT2D eigenvalue weighted by molar-refractivity contribution is 0.303. The molecule has 4 aromatic rings. The van der Waals surface area contributed by atoms with E-state index in [4.69, 9.17) is 14.7 Å². The van der Waals surface area contributed by atoms with Crippen molar-refractivity contribution in [2.45, 2.75) is 50.9 Å². The second-order valence-electron chi connectivity index (χ2n) is 9.73. The summed E-state index contributed by atoms with van der Waals surface area (Å²) in [5.41, 5.74) is 3.51. The summed E-state index contributed by atoms with van der Waals surface area (Å²) >= 11 is 0. The van der Waals surface area contributed by atoms with Gasteiger partial charge in [-0.1, -0.05) is 54.6 Å². The number of aromatic nitrogens is 2. The molecular weight excluding hydrogens is 446 g/mol. The zero-order valence-corrected chi connectivity index (χ0v) is 21.2. The van der Waals surface area contributed by atoms with Gasteiger partial charge in [0.1, 0.15) is 18.2 Å². The zero-order valence-electron chi connectivity index (χ0n) is 21.2. The second-order valence-corrected chi connectivity index (χ2v) is 9.73. The van der Waals surface area contributed by atoms with Crippen LogP contribution in [0.4, 0.5) is 11.8 Å². The van der Waals surface area contributed by atoms with Crippen LogP contribution in [-0.4, -0.2) is 36.1 Å². The summed E-state index contributed by atoms with van der Waals surface area (Å²) in [5.74, 6) is 2.58. The Kier molecular flexibility index (Phi) is 7.62. The molecule has 1 saturated carbocycles. The van der Waals surface area contributed by atoms with E-state index in [1.54, 1.807) is 0 Å². The van der Waals surface area contributed by atoms with Crippen molar-refractivity contribution in [2.75, 3.05) is 24.3 Å². The largest absolute Gasteiger partial charge is 0.489 e. The maximum atomic E-state index is 5.99. The van der Waals surface area contributed by atoms with Crippen molar-refractivity contribution in [1.82, 2.24) is 15.3 Å². The number of hydrogen-bond donors (Lipinski definition) is 2. The molecule has 3 aromatic carbocycles. The molecular formula is C30H35N5O. The average Bonchev–Trinajstić information content (AvgIpc) is 2.92. The predicted molar refractivity (Wildman–Crippen MR) is 148 cm³/mol. The summed E-state index contributed by atoms with van der Waals surface area (Å²) in [4.78, 5) is 11.6. The first-order valence-electron chi connectivity index (χ1n) is 12.8. The van der Waals surface area contributed by atoms with Crippen LogP contribution < -0.4 is 20.3 Å². The van der Waals surface area contributed by atoms with E-state index in [-0.39, 0.29) is 0 Å². The van der Waals surface area contributed by atoms with Crippen molar-refractivity contribution in [1.29, 1.82) is 0 Å². The Morgan fingerprint density at radius 2 is 1.44 bits per heavy atom. The van der Waals surface area contributed by atoms with Crippen LogP contribution in [0.25, 0.3) is 10.9 Å². The van der Waals surface area contributed by atoms with Gasteiger partial charge in [-0.25, -0.2) is 4.98 Å². The number of ether oxygens (including phenoxy) is 1. The van der Waals surface area contributed by atoms with Gasteiger partial charge >= 0.3 is 0 Å². The molecule has 186 valence electrons. The Hall–Kier alpha value is -3.64. The minimum atomic E-state index is 0.394. The lowest BCUT2D eigenvalue weighted by Crippen LogP contribution is -2.37. The fourth-order valence-corrected chi connectivity index (χ4v) is 4.89. The number of anilines is 2. The summed E-state index contributed by atoms with van der Waals surface area (Å²) in [5, 5.41) is 8.48. The molecule has 1 aromatic heterocycles. The Labute approximate surface area is 213 Å². The number of nitrogens with zero attached hydrogens (tertiary/aromatic N) is 3. The van der Waals surface area contributed by atoms with Crippen LogP contribution in [0, 0.1) is 0 Å². The summed E-state index contributed by atoms with van der Waals surface area (Å²) in [6.45, 7) is 1.44. The number of rotatable bonds is 9. The monoisotopic (exact) mass is 481 g/mol. The van der Waals surface area contributed by atoms with E-state index in [1.165, 1.54) is 11.1 Å². The lowest BCUT2D eigenvalue weighted by Gasteiger charge is -2.30. The molecule has 0 atom stereocenters. The lowest BCUT2D eigenvalue weighted by atomic mass is 9.91. The van der Waals surface area contributed by atoms with Gasteiger partial charge in [-0.15, -0.1) is 0 Å². The van der Waals surface area contributed by atoms with Gasteiger partial charge in [-0.05, 0) is 61.1 Å². The Morgan fingerprint density at radius 1 is 0.778 bits per heavy atom. The maximum absolute atomic E-state index is 5.99. The quantitative estimate of drug-likeness (QED) is 0.316. The van der Waals surface area contributed by atoms with Crippen molar-refractivity contribution in [3.63, 3.8) is 0 Å². The van der Waals surface area contributed by atoms with Crippen LogP contribution in [-0.2, 0) is 13.2 Å². The third kappa shape index (κ3) is 5.94. The maximum Gasteiger partial charge on any atom is 0.225 e. The van der Waals surface area contributed by atoms with Crippen LogP contribution >= 0.6 is 0 Å². The zero-order chi connectivity index (χ0) is 24.7. The molecule has 0 radical (unpaired) electrons. The number of para-hydroxylation sites is 2. The minimum Gasteiger partial charge on any atom is -0.489 e. The number of benzene rings is 3. The molecule has 0 saturated heterocycles. The molecule has 6 nitrogen and oxygen atoms in total. The molecule has 2 N–H and O–H groups in total. The molecule has 1 aliphatic rings. The fraction of sp³-hybridized carbons (Fsp3) is 0.333. The van der Waals surface area contributed by atoms with Gasteiger partial charge in [0.05, 0.1) is 5.52 Å². The van der Waals surface area contributed by atoms with Crippen molar-refractivity contribution in [3.8, 4) is 5.75 Å². The van der Waals surface area contributed by atoms with Gasteiger partial charge < -0.3 is 20.3 Å². The first kappa shape index (κ1) is 24.1. The SMILES string of the molecule is CN(C)c1nc(N[C@H]2CC[C@@H](NCc3ccccc3COc3ccccc3)CC2)nc2ccccc12. The van der Waals surface area contributed by atoms with Crippen LogP contribution in [0.3, 0.4) is 0 Å². The molecule has 6 heteroatoms. The minimum absolute atomic E-state index is 0.394. The molecule has 0 aliphatic heterocycles. The predicted octanol–water partition coefficient (Wildman–Crippen LogP) is 5.79. The van der Waals surface area contributed by atoms with E-state index in [1.807, 2.05) is 56.6 Å². The van der Waals surface area contributed by atoms with Crippen molar-refractivity contribution < 1.29 is 4.74 Å². The summed E-state index contributed by atoms with van der Waals surface area (Å²) in [7, 11) is 4.06. The highest BCUT2D eigenvalue weighted by atomic mass is 16.5. The molecule has 0 unspecified atom stereocenters. The van der Waals surface area contributed by atoms with E-state index in [2.05, 4.69) is 51.9 Å². The van der Waals surface area contributed by atoms with E-state index < -0.39 is 0 Å². The Bertz CT molecular complexity index is 1270. The summed E-state index contributed by atoms with van der Waals surface area (Å²) < 4.78 is 5.99. The van der Waals surface area contributed by atoms with E-state index in [0.29, 0.717) is 18.7 Å². The Morgan fingerprint density at radius 3 is 2.22 bits per heavy atom. The molecule has 0 spiro atoms. The average molecular weight is 482 g/mol. The smallest absolute Gasteiger partial charge is 0.225 e. The van der Waals surface area contributed by atoms with Gasteiger partial charge in [0.2, 0.25) is 5.95 Å². The van der Waals surface area contributed by atoms with Gasteiger partial charge in [0, 0.05) is 38.1 Å². The van der Waals surface area contributed by atoms with E-state index in [9.17, 15) is 0 Å². The molecule has 1 fully saturated rings. The first-order valence-corrected chi connectivity index (χ1v) is 12.8. The van der Waals surface area contributed by atoms with Crippen LogP contribution in [0.2, 0.25) is 0 Å². The second kappa shape index (κ2) is 11.4. The standard InChI is InChI=1S/C30H35N5O/c1-35(2)29-27-14-8-9-15-28(27)33-30(34-29)32-25-18-16-24(17-19-25)31-20-22-10-6-7-11-23(22)21-36-26-12-4-3-5-13-26/h3-15,24-25,31H,16-21H2,1-2H3,(H,32,33,34)/t24-,25+. The van der Waals surface area contributed by atoms with Crippen molar-refractivity contribution in [2.24, 2.45) is 0 Å². The molecule has 36 heavy (non-hydrogen) atoms. The highest BCUT2D eigenvalue weighted by Gasteiger charge is 2.22. The Balaban J connectivity index is 1.14. The van der Waals surface area contributed by atoms with Gasteiger partial charge in [-0.3, -0.25) is 0 Å². The highest BCUT2D eigenvalue weighted by Crippen LogP contribution is 2.26. The summed E-state index contributed by atoms with van der Waals surface area (Å²) in [6.07, 6.45) is 4.47.